The molecule has 0 saturated carbocycles. The summed E-state index contributed by atoms with van der Waals surface area (Å²) >= 11 is 1.84. The predicted octanol–water partition coefficient (Wildman–Crippen LogP) is 3.01. The zero-order valence-corrected chi connectivity index (χ0v) is 16.3. The molecule has 2 fully saturated rings. The van der Waals surface area contributed by atoms with Gasteiger partial charge in [-0.1, -0.05) is 6.07 Å². The maximum Gasteiger partial charge on any atom is 0.156 e. The first-order chi connectivity index (χ1) is 13.3. The second-order valence-electron chi connectivity index (χ2n) is 7.41. The van der Waals surface area contributed by atoms with Crippen LogP contribution in [0.15, 0.2) is 35.8 Å². The van der Waals surface area contributed by atoms with Crippen LogP contribution >= 0.6 is 11.3 Å². The molecule has 2 saturated heterocycles. The number of nitrogens with zero attached hydrogens (tertiary/aromatic N) is 5. The lowest BCUT2D eigenvalue weighted by molar-refractivity contribution is 0.122. The van der Waals surface area contributed by atoms with Crippen LogP contribution in [-0.4, -0.2) is 58.9 Å². The summed E-state index contributed by atoms with van der Waals surface area (Å²) in [6.45, 7) is 6.73. The van der Waals surface area contributed by atoms with Crippen LogP contribution in [0.25, 0.3) is 5.65 Å². The largest absolute Gasteiger partial charge is 0.378 e. The zero-order valence-electron chi connectivity index (χ0n) is 15.5. The molecule has 3 aromatic heterocycles. The number of anilines is 1. The van der Waals surface area contributed by atoms with Crippen molar-refractivity contribution < 1.29 is 4.74 Å². The minimum absolute atomic E-state index is 0.422. The summed E-state index contributed by atoms with van der Waals surface area (Å²) in [5.41, 5.74) is 2.14. The second-order valence-corrected chi connectivity index (χ2v) is 8.45. The summed E-state index contributed by atoms with van der Waals surface area (Å²) in [4.78, 5) is 11.2. The minimum atomic E-state index is 0.422. The number of pyridine rings is 1. The number of fused-ring (bicyclic) bond motifs is 1. The molecule has 5 heterocycles. The van der Waals surface area contributed by atoms with E-state index in [2.05, 4.69) is 45.6 Å². The number of piperidine rings is 1. The van der Waals surface area contributed by atoms with Crippen molar-refractivity contribution in [3.8, 4) is 0 Å². The maximum atomic E-state index is 5.46. The van der Waals surface area contributed by atoms with Crippen molar-refractivity contribution in [2.24, 2.45) is 0 Å². The normalized spacial score (nSPS) is 21.8. The lowest BCUT2D eigenvalue weighted by Gasteiger charge is -2.30. The van der Waals surface area contributed by atoms with Crippen LogP contribution in [0, 0.1) is 0 Å². The Labute approximate surface area is 163 Å². The summed E-state index contributed by atoms with van der Waals surface area (Å²) in [7, 11) is 0. The molecule has 1 unspecified atom stereocenters. The Kier molecular flexibility index (Phi) is 4.82. The number of rotatable bonds is 4. The van der Waals surface area contributed by atoms with Gasteiger partial charge in [-0.05, 0) is 43.0 Å². The topological polar surface area (TPSA) is 45.9 Å². The Hall–Kier alpha value is -1.96. The quantitative estimate of drug-likeness (QED) is 0.693. The van der Waals surface area contributed by atoms with Crippen LogP contribution in [0.5, 0.6) is 0 Å². The molecule has 0 aliphatic carbocycles. The van der Waals surface area contributed by atoms with E-state index in [0.29, 0.717) is 5.92 Å². The molecular formula is C20H25N5OS. The molecule has 0 bridgehead atoms. The van der Waals surface area contributed by atoms with E-state index < -0.39 is 0 Å². The van der Waals surface area contributed by atoms with Gasteiger partial charge in [0.15, 0.2) is 11.5 Å². The fourth-order valence-corrected chi connectivity index (χ4v) is 4.85. The van der Waals surface area contributed by atoms with Gasteiger partial charge in [-0.2, -0.15) is 5.10 Å². The van der Waals surface area contributed by atoms with Crippen molar-refractivity contribution in [1.29, 1.82) is 0 Å². The molecule has 3 aromatic rings. The van der Waals surface area contributed by atoms with Crippen molar-refractivity contribution in [3.63, 3.8) is 0 Å². The molecule has 0 spiro atoms. The van der Waals surface area contributed by atoms with Gasteiger partial charge in [-0.25, -0.2) is 9.50 Å². The fraction of sp³-hybridized carbons (Fsp3) is 0.500. The zero-order chi connectivity index (χ0) is 18.1. The summed E-state index contributed by atoms with van der Waals surface area (Å²) in [5.74, 6) is 1.41. The second kappa shape index (κ2) is 7.58. The molecule has 0 radical (unpaired) electrons. The number of hydrogen-bond acceptors (Lipinski definition) is 6. The maximum absolute atomic E-state index is 5.46. The number of hydrogen-bond donors (Lipinski definition) is 0. The molecule has 1 atom stereocenters. The van der Waals surface area contributed by atoms with Crippen LogP contribution in [0.1, 0.15) is 29.5 Å². The van der Waals surface area contributed by atoms with Gasteiger partial charge in [0.2, 0.25) is 0 Å². The average molecular weight is 384 g/mol. The van der Waals surface area contributed by atoms with Crippen molar-refractivity contribution in [1.82, 2.24) is 19.5 Å². The third kappa shape index (κ3) is 3.72. The van der Waals surface area contributed by atoms with Gasteiger partial charge in [0.05, 0.1) is 25.1 Å². The minimum Gasteiger partial charge on any atom is -0.378 e. The van der Waals surface area contributed by atoms with E-state index in [1.54, 1.807) is 0 Å². The van der Waals surface area contributed by atoms with Gasteiger partial charge in [0, 0.05) is 37.0 Å². The predicted molar refractivity (Wildman–Crippen MR) is 108 cm³/mol. The lowest BCUT2D eigenvalue weighted by atomic mass is 9.97. The first-order valence-electron chi connectivity index (χ1n) is 9.79. The summed E-state index contributed by atoms with van der Waals surface area (Å²) in [6.07, 6.45) is 4.50. The van der Waals surface area contributed by atoms with Gasteiger partial charge < -0.3 is 9.64 Å². The molecule has 6 nitrogen and oxygen atoms in total. The number of likely N-dealkylation sites (tertiary alicyclic amines) is 1. The third-order valence-corrected chi connectivity index (χ3v) is 6.40. The Morgan fingerprint density at radius 1 is 1.15 bits per heavy atom. The van der Waals surface area contributed by atoms with E-state index >= 15 is 0 Å². The highest BCUT2D eigenvalue weighted by Crippen LogP contribution is 2.27. The standard InChI is InChI=1S/C20H25N5OS/c1-3-16(13-23(7-1)15-18-4-2-12-27-18)20-21-19-6-5-17(14-25(19)22-20)24-8-10-26-11-9-24/h2,4-6,12,14,16H,1,3,7-11,13,15H2. The van der Waals surface area contributed by atoms with Crippen LogP contribution in [0.2, 0.25) is 0 Å². The van der Waals surface area contributed by atoms with Gasteiger partial charge in [-0.15, -0.1) is 11.3 Å². The van der Waals surface area contributed by atoms with E-state index in [1.165, 1.54) is 30.0 Å². The van der Waals surface area contributed by atoms with E-state index in [0.717, 1.165) is 50.9 Å². The number of ether oxygens (including phenoxy) is 1. The number of aromatic nitrogens is 3. The first-order valence-corrected chi connectivity index (χ1v) is 10.7. The van der Waals surface area contributed by atoms with Gasteiger partial charge >= 0.3 is 0 Å². The highest BCUT2D eigenvalue weighted by Gasteiger charge is 2.25. The van der Waals surface area contributed by atoms with Gasteiger partial charge in [0.1, 0.15) is 0 Å². The highest BCUT2D eigenvalue weighted by atomic mass is 32.1. The van der Waals surface area contributed by atoms with Crippen LogP contribution in [-0.2, 0) is 11.3 Å². The van der Waals surface area contributed by atoms with Crippen molar-refractivity contribution in [2.75, 3.05) is 44.3 Å². The molecular weight excluding hydrogens is 358 g/mol. The summed E-state index contributed by atoms with van der Waals surface area (Å²) < 4.78 is 7.42. The summed E-state index contributed by atoms with van der Waals surface area (Å²) in [5, 5.41) is 7.01. The molecule has 2 aliphatic heterocycles. The fourth-order valence-electron chi connectivity index (χ4n) is 4.10. The van der Waals surface area contributed by atoms with Gasteiger partial charge in [0.25, 0.3) is 0 Å². The summed E-state index contributed by atoms with van der Waals surface area (Å²) in [6, 6.07) is 8.61. The van der Waals surface area contributed by atoms with E-state index in [4.69, 9.17) is 14.8 Å². The first kappa shape index (κ1) is 17.2. The van der Waals surface area contributed by atoms with E-state index in [1.807, 2.05) is 15.9 Å². The van der Waals surface area contributed by atoms with Gasteiger partial charge in [-0.3, -0.25) is 4.90 Å². The number of morpholine rings is 1. The lowest BCUT2D eigenvalue weighted by Crippen LogP contribution is -2.36. The molecule has 0 aromatic carbocycles. The SMILES string of the molecule is c1csc(CN2CCCC(c3nc4ccc(N5CCOCC5)cn4n3)C2)c1. The Bertz CT molecular complexity index is 887. The van der Waals surface area contributed by atoms with Crippen LogP contribution in [0.4, 0.5) is 5.69 Å². The third-order valence-electron chi connectivity index (χ3n) is 5.54. The monoisotopic (exact) mass is 383 g/mol. The molecule has 2 aliphatic rings. The number of thiophene rings is 1. The highest BCUT2D eigenvalue weighted by molar-refractivity contribution is 7.09. The molecule has 0 N–H and O–H groups in total. The Morgan fingerprint density at radius 2 is 2.07 bits per heavy atom. The van der Waals surface area contributed by atoms with Crippen molar-refractivity contribution in [3.05, 3.63) is 46.5 Å². The van der Waals surface area contributed by atoms with Crippen LogP contribution in [0.3, 0.4) is 0 Å². The average Bonchev–Trinajstić information content (AvgIpc) is 3.38. The molecule has 5 rings (SSSR count). The van der Waals surface area contributed by atoms with Crippen LogP contribution < -0.4 is 4.90 Å². The van der Waals surface area contributed by atoms with E-state index in [9.17, 15) is 0 Å². The molecule has 142 valence electrons. The Morgan fingerprint density at radius 3 is 2.93 bits per heavy atom. The molecule has 0 amide bonds. The van der Waals surface area contributed by atoms with E-state index in [-0.39, 0.29) is 0 Å². The molecule has 7 heteroatoms. The Balaban J connectivity index is 1.33. The van der Waals surface area contributed by atoms with Crippen molar-refractivity contribution >= 4 is 22.7 Å². The van der Waals surface area contributed by atoms with Crippen molar-refractivity contribution in [2.45, 2.75) is 25.3 Å². The smallest absolute Gasteiger partial charge is 0.156 e. The molecule has 27 heavy (non-hydrogen) atoms.